The third-order valence-electron chi connectivity index (χ3n) is 5.70. The molecule has 4 saturated carbocycles. The Hall–Kier alpha value is -0.540. The second-order valence-corrected chi connectivity index (χ2v) is 8.60. The number of halogens is 2. The standard InChI is InChI=1S/C17H19BrClNO/c18-13-1-2-15(14(19)6-13)20-16(21)17-7-10-3-11(8-17)5-12(4-10)9-17/h1-2,6,10-12H,3-5,7-9H2,(H,20,21). The van der Waals surface area contributed by atoms with Crippen LogP contribution in [0.2, 0.25) is 5.02 Å². The number of carbonyl (C=O) groups excluding carboxylic acids is 1. The number of hydrogen-bond donors (Lipinski definition) is 1. The molecule has 0 atom stereocenters. The molecule has 1 amide bonds. The van der Waals surface area contributed by atoms with Gasteiger partial charge in [0.1, 0.15) is 0 Å². The normalized spacial score (nSPS) is 36.8. The predicted molar refractivity (Wildman–Crippen MR) is 88.4 cm³/mol. The van der Waals surface area contributed by atoms with Crippen molar-refractivity contribution in [3.05, 3.63) is 27.7 Å². The van der Waals surface area contributed by atoms with Gasteiger partial charge >= 0.3 is 0 Å². The zero-order chi connectivity index (χ0) is 14.6. The Morgan fingerprint density at radius 1 is 1.14 bits per heavy atom. The van der Waals surface area contributed by atoms with Gasteiger partial charge in [0.2, 0.25) is 5.91 Å². The van der Waals surface area contributed by atoms with Crippen LogP contribution in [-0.4, -0.2) is 5.91 Å². The molecule has 4 fully saturated rings. The topological polar surface area (TPSA) is 29.1 Å². The van der Waals surface area contributed by atoms with E-state index in [9.17, 15) is 4.79 Å². The highest BCUT2D eigenvalue weighted by Crippen LogP contribution is 2.60. The first-order valence-electron chi connectivity index (χ1n) is 7.81. The Kier molecular flexibility index (Phi) is 3.34. The summed E-state index contributed by atoms with van der Waals surface area (Å²) in [7, 11) is 0. The van der Waals surface area contributed by atoms with Crippen molar-refractivity contribution < 1.29 is 4.79 Å². The molecule has 0 aliphatic heterocycles. The minimum absolute atomic E-state index is 0.120. The fourth-order valence-electron chi connectivity index (χ4n) is 5.23. The molecule has 5 rings (SSSR count). The second kappa shape index (κ2) is 4.99. The van der Waals surface area contributed by atoms with Gasteiger partial charge in [-0.15, -0.1) is 0 Å². The molecule has 4 bridgehead atoms. The lowest BCUT2D eigenvalue weighted by Crippen LogP contribution is -2.51. The monoisotopic (exact) mass is 367 g/mol. The molecule has 2 nitrogen and oxygen atoms in total. The first kappa shape index (κ1) is 14.1. The second-order valence-electron chi connectivity index (χ2n) is 7.28. The molecule has 112 valence electrons. The number of carbonyl (C=O) groups is 1. The van der Waals surface area contributed by atoms with Gasteiger partial charge in [0, 0.05) is 4.47 Å². The molecule has 1 N–H and O–H groups in total. The van der Waals surface area contributed by atoms with Crippen molar-refractivity contribution in [2.45, 2.75) is 38.5 Å². The van der Waals surface area contributed by atoms with Gasteiger partial charge < -0.3 is 5.32 Å². The predicted octanol–water partition coefficient (Wildman–Crippen LogP) is 5.26. The van der Waals surface area contributed by atoms with Crippen molar-refractivity contribution in [1.82, 2.24) is 0 Å². The van der Waals surface area contributed by atoms with Crippen LogP contribution in [0.1, 0.15) is 38.5 Å². The van der Waals surface area contributed by atoms with Crippen LogP contribution in [0.25, 0.3) is 0 Å². The highest BCUT2D eigenvalue weighted by Gasteiger charge is 2.54. The Morgan fingerprint density at radius 2 is 1.71 bits per heavy atom. The summed E-state index contributed by atoms with van der Waals surface area (Å²) in [6.45, 7) is 0. The van der Waals surface area contributed by atoms with E-state index >= 15 is 0 Å². The number of nitrogens with one attached hydrogen (secondary N) is 1. The van der Waals surface area contributed by atoms with Crippen LogP contribution in [0.4, 0.5) is 5.69 Å². The smallest absolute Gasteiger partial charge is 0.230 e. The van der Waals surface area contributed by atoms with Crippen molar-refractivity contribution in [2.75, 3.05) is 5.32 Å². The largest absolute Gasteiger partial charge is 0.324 e. The van der Waals surface area contributed by atoms with Crippen molar-refractivity contribution in [2.24, 2.45) is 23.2 Å². The van der Waals surface area contributed by atoms with E-state index in [1.807, 2.05) is 18.2 Å². The summed E-state index contributed by atoms with van der Waals surface area (Å²) >= 11 is 9.63. The molecular formula is C17H19BrClNO. The molecule has 0 saturated heterocycles. The first-order chi connectivity index (χ1) is 10.0. The maximum absolute atomic E-state index is 12.9. The average Bonchev–Trinajstić information content (AvgIpc) is 2.40. The fourth-order valence-corrected chi connectivity index (χ4v) is 5.96. The quantitative estimate of drug-likeness (QED) is 0.758. The first-order valence-corrected chi connectivity index (χ1v) is 8.98. The maximum Gasteiger partial charge on any atom is 0.230 e. The van der Waals surface area contributed by atoms with Crippen LogP contribution in [0.15, 0.2) is 22.7 Å². The van der Waals surface area contributed by atoms with Crippen LogP contribution in [0.5, 0.6) is 0 Å². The van der Waals surface area contributed by atoms with Gasteiger partial charge in [0.15, 0.2) is 0 Å². The van der Waals surface area contributed by atoms with Crippen molar-refractivity contribution in [3.8, 4) is 0 Å². The van der Waals surface area contributed by atoms with Crippen LogP contribution in [0, 0.1) is 23.2 Å². The zero-order valence-electron chi connectivity index (χ0n) is 11.9. The molecule has 4 aliphatic rings. The summed E-state index contributed by atoms with van der Waals surface area (Å²) in [6.07, 6.45) is 7.31. The molecular weight excluding hydrogens is 350 g/mol. The molecule has 0 spiro atoms. The van der Waals surface area contributed by atoms with Crippen LogP contribution in [0.3, 0.4) is 0 Å². The number of anilines is 1. The molecule has 21 heavy (non-hydrogen) atoms. The highest BCUT2D eigenvalue weighted by atomic mass is 79.9. The van der Waals surface area contributed by atoms with Gasteiger partial charge in [-0.2, -0.15) is 0 Å². The summed E-state index contributed by atoms with van der Waals surface area (Å²) < 4.78 is 0.931. The van der Waals surface area contributed by atoms with E-state index in [0.29, 0.717) is 5.02 Å². The third kappa shape index (κ3) is 2.43. The van der Waals surface area contributed by atoms with Crippen molar-refractivity contribution in [1.29, 1.82) is 0 Å². The molecule has 0 aromatic heterocycles. The molecule has 1 aromatic rings. The van der Waals surface area contributed by atoms with E-state index < -0.39 is 0 Å². The summed E-state index contributed by atoms with van der Waals surface area (Å²) in [5.74, 6) is 2.54. The molecule has 4 aliphatic carbocycles. The maximum atomic E-state index is 12.9. The molecule has 0 radical (unpaired) electrons. The summed E-state index contributed by atoms with van der Waals surface area (Å²) in [5, 5.41) is 3.70. The van der Waals surface area contributed by atoms with E-state index in [1.165, 1.54) is 19.3 Å². The third-order valence-corrected chi connectivity index (χ3v) is 6.51. The van der Waals surface area contributed by atoms with Gasteiger partial charge in [0.25, 0.3) is 0 Å². The SMILES string of the molecule is O=C(Nc1ccc(Br)cc1Cl)C12CC3CC(CC(C3)C1)C2. The average molecular weight is 369 g/mol. The minimum Gasteiger partial charge on any atom is -0.324 e. The van der Waals surface area contributed by atoms with Gasteiger partial charge in [0.05, 0.1) is 16.1 Å². The number of benzene rings is 1. The van der Waals surface area contributed by atoms with Gasteiger partial charge in [-0.1, -0.05) is 27.5 Å². The lowest BCUT2D eigenvalue weighted by Gasteiger charge is -2.55. The number of hydrogen-bond acceptors (Lipinski definition) is 1. The molecule has 0 heterocycles. The Morgan fingerprint density at radius 3 is 2.24 bits per heavy atom. The lowest BCUT2D eigenvalue weighted by atomic mass is 9.49. The van der Waals surface area contributed by atoms with E-state index in [1.54, 1.807) is 0 Å². The lowest BCUT2D eigenvalue weighted by molar-refractivity contribution is -0.140. The Bertz CT molecular complexity index is 565. The number of amides is 1. The fraction of sp³-hybridized carbons (Fsp3) is 0.588. The van der Waals surface area contributed by atoms with Crippen LogP contribution in [-0.2, 0) is 4.79 Å². The highest BCUT2D eigenvalue weighted by molar-refractivity contribution is 9.10. The molecule has 4 heteroatoms. The van der Waals surface area contributed by atoms with E-state index in [4.69, 9.17) is 11.6 Å². The van der Waals surface area contributed by atoms with Crippen LogP contribution >= 0.6 is 27.5 Å². The summed E-state index contributed by atoms with van der Waals surface area (Å²) in [4.78, 5) is 12.9. The summed E-state index contributed by atoms with van der Waals surface area (Å²) in [5.41, 5.74) is 0.617. The number of rotatable bonds is 2. The minimum atomic E-state index is -0.120. The molecule has 0 unspecified atom stereocenters. The Balaban J connectivity index is 1.57. The van der Waals surface area contributed by atoms with E-state index in [0.717, 1.165) is 47.2 Å². The van der Waals surface area contributed by atoms with Crippen molar-refractivity contribution in [3.63, 3.8) is 0 Å². The van der Waals surface area contributed by atoms with E-state index in [-0.39, 0.29) is 11.3 Å². The van der Waals surface area contributed by atoms with Gasteiger partial charge in [-0.25, -0.2) is 0 Å². The molecule has 1 aromatic carbocycles. The Labute approximate surface area is 138 Å². The van der Waals surface area contributed by atoms with Crippen molar-refractivity contribution >= 4 is 39.1 Å². The summed E-state index contributed by atoms with van der Waals surface area (Å²) in [6, 6.07) is 5.63. The van der Waals surface area contributed by atoms with Gasteiger partial charge in [-0.3, -0.25) is 4.79 Å². The zero-order valence-corrected chi connectivity index (χ0v) is 14.2. The van der Waals surface area contributed by atoms with Gasteiger partial charge in [-0.05, 0) is 74.5 Å². The van der Waals surface area contributed by atoms with E-state index in [2.05, 4.69) is 21.2 Å². The van der Waals surface area contributed by atoms with Crippen LogP contribution < -0.4 is 5.32 Å².